The molecule has 0 unspecified atom stereocenters. The maximum absolute atomic E-state index is 11.3. The van der Waals surface area contributed by atoms with Gasteiger partial charge in [0.05, 0.1) is 6.33 Å². The molecular formula is C11H16N4O4. The Kier molecular flexibility index (Phi) is 6.07. The molecule has 1 aromatic heterocycles. The van der Waals surface area contributed by atoms with E-state index in [0.717, 1.165) is 0 Å². The van der Waals surface area contributed by atoms with E-state index >= 15 is 0 Å². The number of aliphatic carboxylic acids is 1. The molecule has 19 heavy (non-hydrogen) atoms. The summed E-state index contributed by atoms with van der Waals surface area (Å²) >= 11 is 0. The van der Waals surface area contributed by atoms with Crippen LogP contribution in [0.5, 0.6) is 0 Å². The average molecular weight is 268 g/mol. The Hall–Kier alpha value is -2.38. The van der Waals surface area contributed by atoms with Gasteiger partial charge < -0.3 is 15.0 Å². The molecule has 0 atom stereocenters. The van der Waals surface area contributed by atoms with Gasteiger partial charge in [0.1, 0.15) is 0 Å². The molecular weight excluding hydrogens is 252 g/mol. The number of aromatic nitrogens is 2. The molecule has 0 aliphatic heterocycles. The van der Waals surface area contributed by atoms with Crippen LogP contribution in [0.25, 0.3) is 0 Å². The molecule has 104 valence electrons. The van der Waals surface area contributed by atoms with Crippen LogP contribution in [0.1, 0.15) is 19.3 Å². The standard InChI is InChI=1S/C11H16N4O4/c16-9(2-1-3-10(17)18)14-11(19)13-5-7-15-6-4-12-8-15/h4,6,8H,1-3,5,7H2,(H,17,18)(H2,13,14,16,19). The Morgan fingerprint density at radius 1 is 1.26 bits per heavy atom. The van der Waals surface area contributed by atoms with E-state index in [4.69, 9.17) is 5.11 Å². The second kappa shape index (κ2) is 7.85. The van der Waals surface area contributed by atoms with Crippen molar-refractivity contribution in [1.29, 1.82) is 0 Å². The van der Waals surface area contributed by atoms with E-state index < -0.39 is 17.9 Å². The predicted octanol–water partition coefficient (Wildman–Crippen LogP) is -0.0362. The van der Waals surface area contributed by atoms with E-state index in [1.807, 2.05) is 0 Å². The summed E-state index contributed by atoms with van der Waals surface area (Å²) in [7, 11) is 0. The Morgan fingerprint density at radius 3 is 2.68 bits per heavy atom. The van der Waals surface area contributed by atoms with Crippen LogP contribution >= 0.6 is 0 Å². The number of nitrogens with zero attached hydrogens (tertiary/aromatic N) is 2. The number of carboxylic acids is 1. The summed E-state index contributed by atoms with van der Waals surface area (Å²) in [5, 5.41) is 13.0. The lowest BCUT2D eigenvalue weighted by Gasteiger charge is -2.06. The highest BCUT2D eigenvalue weighted by atomic mass is 16.4. The molecule has 0 bridgehead atoms. The van der Waals surface area contributed by atoms with Crippen LogP contribution < -0.4 is 10.6 Å². The quantitative estimate of drug-likeness (QED) is 0.642. The van der Waals surface area contributed by atoms with Crippen LogP contribution in [0.2, 0.25) is 0 Å². The molecule has 0 saturated carbocycles. The minimum absolute atomic E-state index is 0.0151. The topological polar surface area (TPSA) is 113 Å². The number of nitrogens with one attached hydrogen (secondary N) is 2. The molecule has 0 spiro atoms. The van der Waals surface area contributed by atoms with Crippen LogP contribution in [0.4, 0.5) is 4.79 Å². The van der Waals surface area contributed by atoms with Crippen molar-refractivity contribution in [3.8, 4) is 0 Å². The first kappa shape index (κ1) is 14.7. The summed E-state index contributed by atoms with van der Waals surface area (Å²) in [6, 6.07) is -0.583. The number of rotatable bonds is 7. The first-order valence-electron chi connectivity index (χ1n) is 5.83. The van der Waals surface area contributed by atoms with E-state index in [1.165, 1.54) is 0 Å². The second-order valence-electron chi connectivity index (χ2n) is 3.85. The van der Waals surface area contributed by atoms with Gasteiger partial charge >= 0.3 is 12.0 Å². The van der Waals surface area contributed by atoms with E-state index in [-0.39, 0.29) is 19.3 Å². The molecule has 1 rings (SSSR count). The number of amides is 3. The maximum Gasteiger partial charge on any atom is 0.321 e. The number of carboxylic acid groups (broad SMARTS) is 1. The van der Waals surface area contributed by atoms with Crippen LogP contribution in [-0.2, 0) is 16.1 Å². The summed E-state index contributed by atoms with van der Waals surface area (Å²) in [5.41, 5.74) is 0. The minimum atomic E-state index is -0.961. The zero-order valence-electron chi connectivity index (χ0n) is 10.3. The first-order chi connectivity index (χ1) is 9.08. The smallest absolute Gasteiger partial charge is 0.321 e. The molecule has 1 heterocycles. The Balaban J connectivity index is 2.09. The maximum atomic E-state index is 11.3. The number of hydrogen-bond acceptors (Lipinski definition) is 4. The molecule has 1 aromatic rings. The number of urea groups is 1. The summed E-state index contributed by atoms with van der Waals surface area (Å²) in [6.07, 6.45) is 5.15. The van der Waals surface area contributed by atoms with Gasteiger partial charge in [0.25, 0.3) is 0 Å². The number of imidazole rings is 1. The highest BCUT2D eigenvalue weighted by Gasteiger charge is 2.07. The Bertz CT molecular complexity index is 430. The fourth-order valence-electron chi connectivity index (χ4n) is 1.35. The van der Waals surface area contributed by atoms with E-state index in [0.29, 0.717) is 13.1 Å². The molecule has 0 fully saturated rings. The van der Waals surface area contributed by atoms with Crippen molar-refractivity contribution in [3.63, 3.8) is 0 Å². The van der Waals surface area contributed by atoms with Crippen molar-refractivity contribution in [2.45, 2.75) is 25.8 Å². The predicted molar refractivity (Wildman–Crippen MR) is 65.3 cm³/mol. The molecule has 3 amide bonds. The Labute approximate surface area is 109 Å². The molecule has 0 saturated heterocycles. The molecule has 3 N–H and O–H groups in total. The van der Waals surface area contributed by atoms with Gasteiger partial charge in [0, 0.05) is 38.3 Å². The van der Waals surface area contributed by atoms with Crippen molar-refractivity contribution >= 4 is 17.9 Å². The van der Waals surface area contributed by atoms with E-state index in [9.17, 15) is 14.4 Å². The van der Waals surface area contributed by atoms with Gasteiger partial charge in [-0.2, -0.15) is 0 Å². The van der Waals surface area contributed by atoms with Gasteiger partial charge in [-0.05, 0) is 6.42 Å². The van der Waals surface area contributed by atoms with Gasteiger partial charge in [-0.1, -0.05) is 0 Å². The monoisotopic (exact) mass is 268 g/mol. The van der Waals surface area contributed by atoms with Crippen molar-refractivity contribution in [3.05, 3.63) is 18.7 Å². The van der Waals surface area contributed by atoms with Crippen LogP contribution in [0.3, 0.4) is 0 Å². The molecule has 8 heteroatoms. The minimum Gasteiger partial charge on any atom is -0.481 e. The van der Waals surface area contributed by atoms with Crippen molar-refractivity contribution in [1.82, 2.24) is 20.2 Å². The normalized spacial score (nSPS) is 9.89. The van der Waals surface area contributed by atoms with Crippen LogP contribution in [0.15, 0.2) is 18.7 Å². The van der Waals surface area contributed by atoms with E-state index in [2.05, 4.69) is 15.6 Å². The molecule has 8 nitrogen and oxygen atoms in total. The van der Waals surface area contributed by atoms with Gasteiger partial charge in [-0.3, -0.25) is 14.9 Å². The molecule has 0 aliphatic carbocycles. The molecule has 0 aromatic carbocycles. The van der Waals surface area contributed by atoms with Crippen molar-refractivity contribution in [2.75, 3.05) is 6.54 Å². The number of hydrogen-bond donors (Lipinski definition) is 3. The Morgan fingerprint density at radius 2 is 2.05 bits per heavy atom. The van der Waals surface area contributed by atoms with Crippen LogP contribution in [0, 0.1) is 0 Å². The average Bonchev–Trinajstić information content (AvgIpc) is 2.81. The van der Waals surface area contributed by atoms with E-state index in [1.54, 1.807) is 23.3 Å². The fourth-order valence-corrected chi connectivity index (χ4v) is 1.35. The summed E-state index contributed by atoms with van der Waals surface area (Å²) in [5.74, 6) is -1.45. The van der Waals surface area contributed by atoms with Gasteiger partial charge in [0.2, 0.25) is 5.91 Å². The van der Waals surface area contributed by atoms with Gasteiger partial charge in [0.15, 0.2) is 0 Å². The lowest BCUT2D eigenvalue weighted by molar-refractivity contribution is -0.137. The fraction of sp³-hybridized carbons (Fsp3) is 0.455. The lowest BCUT2D eigenvalue weighted by Crippen LogP contribution is -2.40. The number of carbonyl (C=O) groups excluding carboxylic acids is 2. The zero-order valence-corrected chi connectivity index (χ0v) is 10.3. The van der Waals surface area contributed by atoms with Crippen molar-refractivity contribution in [2.24, 2.45) is 0 Å². The van der Waals surface area contributed by atoms with Gasteiger partial charge in [-0.25, -0.2) is 9.78 Å². The van der Waals surface area contributed by atoms with Crippen LogP contribution in [-0.4, -0.2) is 39.1 Å². The first-order valence-corrected chi connectivity index (χ1v) is 5.83. The summed E-state index contributed by atoms with van der Waals surface area (Å²) in [6.45, 7) is 0.922. The third kappa shape index (κ3) is 6.81. The highest BCUT2D eigenvalue weighted by Crippen LogP contribution is 1.94. The third-order valence-electron chi connectivity index (χ3n) is 2.26. The molecule has 0 radical (unpaired) electrons. The number of carbonyl (C=O) groups is 3. The molecule has 0 aliphatic rings. The van der Waals surface area contributed by atoms with Gasteiger partial charge in [-0.15, -0.1) is 0 Å². The summed E-state index contributed by atoms with van der Waals surface area (Å²) < 4.78 is 1.79. The largest absolute Gasteiger partial charge is 0.481 e. The third-order valence-corrected chi connectivity index (χ3v) is 2.26. The lowest BCUT2D eigenvalue weighted by atomic mass is 10.2. The highest BCUT2D eigenvalue weighted by molar-refractivity contribution is 5.94. The summed E-state index contributed by atoms with van der Waals surface area (Å²) in [4.78, 5) is 36.6. The number of imide groups is 1. The zero-order chi connectivity index (χ0) is 14.1. The SMILES string of the molecule is O=C(O)CCCC(=O)NC(=O)NCCn1ccnc1. The van der Waals surface area contributed by atoms with Crippen molar-refractivity contribution < 1.29 is 19.5 Å². The second-order valence-corrected chi connectivity index (χ2v) is 3.85.